The highest BCUT2D eigenvalue weighted by atomic mass is 16.1. The number of amides is 1. The largest absolute Gasteiger partial charge is 0.381 e. The van der Waals surface area contributed by atoms with Gasteiger partial charge in [-0.25, -0.2) is 9.97 Å². The zero-order valence-electron chi connectivity index (χ0n) is 19.4. The molecule has 3 aromatic heterocycles. The van der Waals surface area contributed by atoms with Crippen LogP contribution in [0.4, 0.5) is 5.69 Å². The van der Waals surface area contributed by atoms with E-state index >= 15 is 0 Å². The Balaban J connectivity index is 1.50. The van der Waals surface area contributed by atoms with Crippen LogP contribution in [-0.4, -0.2) is 37.1 Å². The first-order valence-electron chi connectivity index (χ1n) is 11.9. The third-order valence-electron chi connectivity index (χ3n) is 6.84. The monoisotopic (exact) mass is 457 g/mol. The summed E-state index contributed by atoms with van der Waals surface area (Å²) in [6, 6.07) is 11.1. The van der Waals surface area contributed by atoms with Gasteiger partial charge in [0.2, 0.25) is 0 Å². The van der Waals surface area contributed by atoms with Gasteiger partial charge in [0, 0.05) is 54.0 Å². The molecule has 1 amide bonds. The van der Waals surface area contributed by atoms with Gasteiger partial charge in [-0.05, 0) is 55.9 Å². The topological polar surface area (TPSA) is 117 Å². The maximum absolute atomic E-state index is 12.2. The van der Waals surface area contributed by atoms with Crippen LogP contribution >= 0.6 is 0 Å². The molecule has 8 heteroatoms. The zero-order chi connectivity index (χ0) is 23.7. The molecule has 4 aromatic rings. The van der Waals surface area contributed by atoms with Crippen molar-refractivity contribution in [1.29, 1.82) is 0 Å². The van der Waals surface area contributed by atoms with E-state index in [1.165, 1.54) is 5.56 Å². The predicted molar refractivity (Wildman–Crippen MR) is 134 cm³/mol. The maximum atomic E-state index is 12.2. The fourth-order valence-electron chi connectivity index (χ4n) is 4.90. The summed E-state index contributed by atoms with van der Waals surface area (Å²) < 4.78 is 4.21. The summed E-state index contributed by atoms with van der Waals surface area (Å²) in [6.07, 6.45) is 11.9. The lowest BCUT2D eigenvalue weighted by atomic mass is 9.91. The highest BCUT2D eigenvalue weighted by molar-refractivity contribution is 6.06. The molecule has 0 spiro atoms. The first-order valence-corrected chi connectivity index (χ1v) is 11.9. The molecule has 5 rings (SSSR count). The number of aromatic nitrogens is 4. The highest BCUT2D eigenvalue weighted by Gasteiger charge is 2.23. The second kappa shape index (κ2) is 9.30. The molecule has 0 radical (unpaired) electrons. The number of rotatable bonds is 7. The third kappa shape index (κ3) is 4.28. The van der Waals surface area contributed by atoms with Crippen molar-refractivity contribution in [2.75, 3.05) is 5.32 Å². The molecule has 1 aliphatic carbocycles. The standard InChI is InChI=1S/C26H31N7O/c1-2-20-13-22-24(31-19-7-5-18(27)6-8-19)23(25(28)34)14-30-26(22)33(20)15-17-3-9-21(10-4-17)32-12-11-29-16-32/h3-4,9-14,16,18-19H,2,5-8,15,27H2,1H3,(H2,28,34)(H,30,31). The average molecular weight is 458 g/mol. The lowest BCUT2D eigenvalue weighted by molar-refractivity contribution is 0.100. The van der Waals surface area contributed by atoms with Crippen LogP contribution in [0, 0.1) is 0 Å². The molecule has 8 nitrogen and oxygen atoms in total. The van der Waals surface area contributed by atoms with E-state index in [4.69, 9.17) is 11.5 Å². The van der Waals surface area contributed by atoms with Gasteiger partial charge in [-0.2, -0.15) is 0 Å². The quantitative estimate of drug-likeness (QED) is 0.392. The second-order valence-corrected chi connectivity index (χ2v) is 9.12. The minimum absolute atomic E-state index is 0.263. The van der Waals surface area contributed by atoms with Crippen LogP contribution in [0.5, 0.6) is 0 Å². The summed E-state index contributed by atoms with van der Waals surface area (Å²) in [6.45, 7) is 2.83. The minimum atomic E-state index is -0.467. The summed E-state index contributed by atoms with van der Waals surface area (Å²) in [5, 5.41) is 4.57. The number of fused-ring (bicyclic) bond motifs is 1. The molecule has 0 atom stereocenters. The van der Waals surface area contributed by atoms with Crippen LogP contribution in [0.3, 0.4) is 0 Å². The van der Waals surface area contributed by atoms with Crippen molar-refractivity contribution in [3.8, 4) is 5.69 Å². The van der Waals surface area contributed by atoms with Crippen LogP contribution < -0.4 is 16.8 Å². The van der Waals surface area contributed by atoms with E-state index in [9.17, 15) is 4.79 Å². The van der Waals surface area contributed by atoms with Crippen LogP contribution in [0.1, 0.15) is 54.2 Å². The van der Waals surface area contributed by atoms with Gasteiger partial charge in [0.1, 0.15) is 5.65 Å². The van der Waals surface area contributed by atoms with Crippen LogP contribution in [0.15, 0.2) is 55.2 Å². The molecule has 3 heterocycles. The molecule has 1 aliphatic rings. The van der Waals surface area contributed by atoms with Crippen molar-refractivity contribution >= 4 is 22.6 Å². The maximum Gasteiger partial charge on any atom is 0.252 e. The number of nitrogens with one attached hydrogen (secondary N) is 1. The molecular formula is C26H31N7O. The number of carbonyl (C=O) groups excluding carboxylic acids is 1. The molecule has 0 saturated heterocycles. The number of carbonyl (C=O) groups is 1. The van der Waals surface area contributed by atoms with E-state index in [1.54, 1.807) is 18.7 Å². The number of anilines is 1. The van der Waals surface area contributed by atoms with Gasteiger partial charge < -0.3 is 25.9 Å². The molecule has 176 valence electrons. The Kier molecular flexibility index (Phi) is 6.06. The summed E-state index contributed by atoms with van der Waals surface area (Å²) in [7, 11) is 0. The van der Waals surface area contributed by atoms with Gasteiger partial charge in [-0.15, -0.1) is 0 Å². The van der Waals surface area contributed by atoms with Crippen molar-refractivity contribution < 1.29 is 4.79 Å². The Hall–Kier alpha value is -3.65. The van der Waals surface area contributed by atoms with Crippen molar-refractivity contribution in [1.82, 2.24) is 19.1 Å². The Morgan fingerprint density at radius 2 is 1.94 bits per heavy atom. The number of aryl methyl sites for hydroxylation is 1. The highest BCUT2D eigenvalue weighted by Crippen LogP contribution is 2.32. The number of hydrogen-bond donors (Lipinski definition) is 3. The van der Waals surface area contributed by atoms with Crippen molar-refractivity contribution in [3.63, 3.8) is 0 Å². The Bertz CT molecular complexity index is 1280. The minimum Gasteiger partial charge on any atom is -0.381 e. The number of imidazole rings is 1. The number of benzene rings is 1. The normalized spacial score (nSPS) is 18.3. The van der Waals surface area contributed by atoms with Crippen molar-refractivity contribution in [2.45, 2.75) is 57.7 Å². The first kappa shape index (κ1) is 22.2. The Morgan fingerprint density at radius 3 is 2.59 bits per heavy atom. The fraction of sp³-hybridized carbons (Fsp3) is 0.346. The molecule has 1 aromatic carbocycles. The molecular weight excluding hydrogens is 426 g/mol. The van der Waals surface area contributed by atoms with Gasteiger partial charge in [0.25, 0.3) is 5.91 Å². The van der Waals surface area contributed by atoms with Gasteiger partial charge in [0.15, 0.2) is 0 Å². The fourth-order valence-corrected chi connectivity index (χ4v) is 4.90. The smallest absolute Gasteiger partial charge is 0.252 e. The van der Waals surface area contributed by atoms with E-state index in [0.717, 1.165) is 60.2 Å². The molecule has 0 bridgehead atoms. The van der Waals surface area contributed by atoms with Gasteiger partial charge in [-0.3, -0.25) is 4.79 Å². The lowest BCUT2D eigenvalue weighted by Gasteiger charge is -2.28. The molecule has 0 aliphatic heterocycles. The summed E-state index contributed by atoms with van der Waals surface area (Å²) in [5.41, 5.74) is 17.3. The number of nitrogens with two attached hydrogens (primary N) is 2. The van der Waals surface area contributed by atoms with E-state index < -0.39 is 5.91 Å². The lowest BCUT2D eigenvalue weighted by Crippen LogP contribution is -2.33. The summed E-state index contributed by atoms with van der Waals surface area (Å²) in [4.78, 5) is 21.0. The number of nitrogens with zero attached hydrogens (tertiary/aromatic N) is 4. The van der Waals surface area contributed by atoms with Gasteiger partial charge in [-0.1, -0.05) is 19.1 Å². The average Bonchev–Trinajstić information content (AvgIpc) is 3.50. The SMILES string of the molecule is CCc1cc2c(NC3CCC(N)CC3)c(C(N)=O)cnc2n1Cc1ccc(-n2ccnc2)cc1. The number of pyridine rings is 1. The molecule has 1 saturated carbocycles. The molecule has 34 heavy (non-hydrogen) atoms. The number of hydrogen-bond acceptors (Lipinski definition) is 5. The number of primary amides is 1. The van der Waals surface area contributed by atoms with Gasteiger partial charge >= 0.3 is 0 Å². The third-order valence-corrected chi connectivity index (χ3v) is 6.84. The Labute approximate surface area is 199 Å². The summed E-state index contributed by atoms with van der Waals surface area (Å²) >= 11 is 0. The predicted octanol–water partition coefficient (Wildman–Crippen LogP) is 3.61. The zero-order valence-corrected chi connectivity index (χ0v) is 19.4. The van der Waals surface area contributed by atoms with E-state index in [2.05, 4.69) is 57.1 Å². The van der Waals surface area contributed by atoms with Crippen LogP contribution in [0.2, 0.25) is 0 Å². The van der Waals surface area contributed by atoms with Crippen molar-refractivity contribution in [3.05, 3.63) is 72.1 Å². The summed E-state index contributed by atoms with van der Waals surface area (Å²) in [5.74, 6) is -0.467. The van der Waals surface area contributed by atoms with E-state index in [-0.39, 0.29) is 12.1 Å². The van der Waals surface area contributed by atoms with Crippen LogP contribution in [0.25, 0.3) is 16.7 Å². The second-order valence-electron chi connectivity index (χ2n) is 9.12. The van der Waals surface area contributed by atoms with E-state index in [1.807, 2.05) is 10.8 Å². The molecule has 1 fully saturated rings. The Morgan fingerprint density at radius 1 is 1.18 bits per heavy atom. The van der Waals surface area contributed by atoms with Crippen LogP contribution in [-0.2, 0) is 13.0 Å². The van der Waals surface area contributed by atoms with Gasteiger partial charge in [0.05, 0.1) is 17.6 Å². The molecule has 0 unspecified atom stereocenters. The van der Waals surface area contributed by atoms with E-state index in [0.29, 0.717) is 12.1 Å². The first-order chi connectivity index (χ1) is 16.5. The van der Waals surface area contributed by atoms with Crippen molar-refractivity contribution in [2.24, 2.45) is 11.5 Å². The molecule has 5 N–H and O–H groups in total.